The second-order valence-electron chi connectivity index (χ2n) is 6.53. The van der Waals surface area contributed by atoms with Crippen LogP contribution in [0.1, 0.15) is 47.0 Å². The quantitative estimate of drug-likeness (QED) is 0.649. The maximum Gasteiger partial charge on any atom is 0.461 e. The molecular formula is C12H21BO2. The van der Waals surface area contributed by atoms with E-state index in [-0.39, 0.29) is 18.3 Å². The van der Waals surface area contributed by atoms with Gasteiger partial charge >= 0.3 is 7.12 Å². The third-order valence-corrected chi connectivity index (χ3v) is 4.74. The van der Waals surface area contributed by atoms with Crippen LogP contribution < -0.4 is 0 Å². The van der Waals surface area contributed by atoms with E-state index in [1.54, 1.807) is 0 Å². The summed E-state index contributed by atoms with van der Waals surface area (Å²) in [4.78, 5) is 0. The highest BCUT2D eigenvalue weighted by atomic mass is 16.7. The molecule has 2 aliphatic carbocycles. The first kappa shape index (κ1) is 10.2. The lowest BCUT2D eigenvalue weighted by molar-refractivity contribution is 0.00578. The summed E-state index contributed by atoms with van der Waals surface area (Å²) in [6.45, 7) is 8.56. The first-order valence-electron chi connectivity index (χ1n) is 6.26. The molecule has 0 bridgehead atoms. The van der Waals surface area contributed by atoms with Gasteiger partial charge in [-0.15, -0.1) is 0 Å². The molecule has 1 aliphatic heterocycles. The summed E-state index contributed by atoms with van der Waals surface area (Å²) < 4.78 is 12.1. The van der Waals surface area contributed by atoms with Crippen molar-refractivity contribution in [1.29, 1.82) is 0 Å². The summed E-state index contributed by atoms with van der Waals surface area (Å²) in [6, 6.07) is 0. The molecule has 84 valence electrons. The van der Waals surface area contributed by atoms with Crippen molar-refractivity contribution in [3.05, 3.63) is 0 Å². The van der Waals surface area contributed by atoms with Gasteiger partial charge < -0.3 is 9.31 Å². The van der Waals surface area contributed by atoms with E-state index in [2.05, 4.69) is 27.7 Å². The summed E-state index contributed by atoms with van der Waals surface area (Å²) >= 11 is 0. The highest BCUT2D eigenvalue weighted by molar-refractivity contribution is 6.48. The van der Waals surface area contributed by atoms with Gasteiger partial charge in [0, 0.05) is 0 Å². The van der Waals surface area contributed by atoms with E-state index in [9.17, 15) is 0 Å². The van der Waals surface area contributed by atoms with Crippen molar-refractivity contribution < 1.29 is 9.31 Å². The fraction of sp³-hybridized carbons (Fsp3) is 1.00. The van der Waals surface area contributed by atoms with E-state index in [1.165, 1.54) is 19.3 Å². The summed E-state index contributed by atoms with van der Waals surface area (Å²) in [5.74, 6) is 2.62. The molecule has 0 aromatic carbocycles. The summed E-state index contributed by atoms with van der Waals surface area (Å²) in [5.41, 5.74) is -0.289. The Balaban J connectivity index is 1.66. The average Bonchev–Trinajstić information content (AvgIpc) is 2.96. The Morgan fingerprint density at radius 3 is 2.00 bits per heavy atom. The molecule has 0 radical (unpaired) electrons. The van der Waals surface area contributed by atoms with E-state index in [4.69, 9.17) is 9.31 Å². The van der Waals surface area contributed by atoms with Gasteiger partial charge in [-0.2, -0.15) is 0 Å². The Kier molecular flexibility index (Phi) is 1.90. The van der Waals surface area contributed by atoms with E-state index in [0.29, 0.717) is 5.82 Å². The zero-order valence-electron chi connectivity index (χ0n) is 10.2. The summed E-state index contributed by atoms with van der Waals surface area (Å²) in [5, 5.41) is 0. The normalized spacial score (nSPS) is 42.0. The van der Waals surface area contributed by atoms with Crippen LogP contribution in [0, 0.1) is 11.8 Å². The zero-order chi connectivity index (χ0) is 10.8. The molecular weight excluding hydrogens is 187 g/mol. The van der Waals surface area contributed by atoms with Gasteiger partial charge in [-0.1, -0.05) is 0 Å². The molecule has 3 fully saturated rings. The van der Waals surface area contributed by atoms with E-state index in [1.807, 2.05) is 0 Å². The second-order valence-corrected chi connectivity index (χ2v) is 6.53. The Bertz CT molecular complexity index is 267. The maximum absolute atomic E-state index is 6.07. The van der Waals surface area contributed by atoms with Crippen LogP contribution in [-0.2, 0) is 9.31 Å². The minimum Gasteiger partial charge on any atom is -0.403 e. The zero-order valence-corrected chi connectivity index (χ0v) is 10.2. The molecule has 1 saturated heterocycles. The van der Waals surface area contributed by atoms with Crippen molar-refractivity contribution in [3.8, 4) is 0 Å². The van der Waals surface area contributed by atoms with Gasteiger partial charge in [-0.25, -0.2) is 0 Å². The van der Waals surface area contributed by atoms with Gasteiger partial charge in [0.25, 0.3) is 0 Å². The second kappa shape index (κ2) is 2.81. The third kappa shape index (κ3) is 1.55. The topological polar surface area (TPSA) is 18.5 Å². The van der Waals surface area contributed by atoms with Crippen LogP contribution in [0.2, 0.25) is 5.82 Å². The minimum absolute atomic E-state index is 0.0700. The van der Waals surface area contributed by atoms with E-state index >= 15 is 0 Å². The first-order valence-corrected chi connectivity index (χ1v) is 6.26. The molecule has 2 nitrogen and oxygen atoms in total. The minimum atomic E-state index is -0.144. The molecule has 2 saturated carbocycles. The maximum atomic E-state index is 6.07. The van der Waals surface area contributed by atoms with E-state index in [0.717, 1.165) is 11.8 Å². The van der Waals surface area contributed by atoms with Crippen LogP contribution in [-0.4, -0.2) is 18.3 Å². The lowest BCUT2D eigenvalue weighted by Crippen LogP contribution is -2.41. The van der Waals surface area contributed by atoms with Gasteiger partial charge in [0.15, 0.2) is 0 Å². The molecule has 1 heterocycles. The third-order valence-electron chi connectivity index (χ3n) is 4.74. The van der Waals surface area contributed by atoms with Crippen molar-refractivity contribution in [2.45, 2.75) is 64.0 Å². The molecule has 2 atom stereocenters. The molecule has 3 heteroatoms. The largest absolute Gasteiger partial charge is 0.461 e. The van der Waals surface area contributed by atoms with Crippen molar-refractivity contribution in [3.63, 3.8) is 0 Å². The molecule has 0 unspecified atom stereocenters. The number of rotatable bonds is 2. The van der Waals surface area contributed by atoms with Crippen LogP contribution in [0.5, 0.6) is 0 Å². The molecule has 15 heavy (non-hydrogen) atoms. The highest BCUT2D eigenvalue weighted by Crippen LogP contribution is 2.61. The standard InChI is InChI=1S/C12H21BO2/c1-11(2)12(3,4)15-13(14-11)10-7-9(10)8-5-6-8/h8-10H,5-7H2,1-4H3/t9-,10+/m1/s1. The van der Waals surface area contributed by atoms with Crippen LogP contribution in [0.15, 0.2) is 0 Å². The Morgan fingerprint density at radius 1 is 1.00 bits per heavy atom. The van der Waals surface area contributed by atoms with Crippen molar-refractivity contribution in [2.75, 3.05) is 0 Å². The molecule has 3 aliphatic rings. The van der Waals surface area contributed by atoms with Gasteiger partial charge in [0.05, 0.1) is 11.2 Å². The Labute approximate surface area is 92.9 Å². The summed E-state index contributed by atoms with van der Waals surface area (Å²) in [6.07, 6.45) is 4.23. The summed E-state index contributed by atoms with van der Waals surface area (Å²) in [7, 11) is 0.0700. The Hall–Kier alpha value is -0.0151. The molecule has 0 aromatic heterocycles. The molecule has 0 spiro atoms. The lowest BCUT2D eigenvalue weighted by Gasteiger charge is -2.32. The first-order chi connectivity index (χ1) is 6.91. The highest BCUT2D eigenvalue weighted by Gasteiger charge is 2.61. The lowest BCUT2D eigenvalue weighted by atomic mass is 9.80. The Morgan fingerprint density at radius 2 is 1.53 bits per heavy atom. The van der Waals surface area contributed by atoms with Gasteiger partial charge in [0.2, 0.25) is 0 Å². The number of hydrogen-bond donors (Lipinski definition) is 0. The van der Waals surface area contributed by atoms with Gasteiger partial charge in [-0.3, -0.25) is 0 Å². The predicted octanol–water partition coefficient (Wildman–Crippen LogP) is 2.88. The van der Waals surface area contributed by atoms with Crippen molar-refractivity contribution >= 4 is 7.12 Å². The smallest absolute Gasteiger partial charge is 0.403 e. The van der Waals surface area contributed by atoms with Crippen LogP contribution in [0.3, 0.4) is 0 Å². The number of hydrogen-bond acceptors (Lipinski definition) is 2. The van der Waals surface area contributed by atoms with Crippen molar-refractivity contribution in [1.82, 2.24) is 0 Å². The van der Waals surface area contributed by atoms with Gasteiger partial charge in [0.1, 0.15) is 0 Å². The van der Waals surface area contributed by atoms with Crippen LogP contribution in [0.25, 0.3) is 0 Å². The molecule has 0 amide bonds. The average molecular weight is 208 g/mol. The van der Waals surface area contributed by atoms with Crippen LogP contribution in [0.4, 0.5) is 0 Å². The molecule has 3 rings (SSSR count). The predicted molar refractivity (Wildman–Crippen MR) is 60.7 cm³/mol. The fourth-order valence-corrected chi connectivity index (χ4v) is 2.68. The molecule has 0 N–H and O–H groups in total. The van der Waals surface area contributed by atoms with E-state index < -0.39 is 0 Å². The fourth-order valence-electron chi connectivity index (χ4n) is 2.68. The monoisotopic (exact) mass is 208 g/mol. The van der Waals surface area contributed by atoms with Crippen LogP contribution >= 0.6 is 0 Å². The van der Waals surface area contributed by atoms with Gasteiger partial charge in [-0.05, 0) is 64.6 Å². The van der Waals surface area contributed by atoms with Crippen molar-refractivity contribution in [2.24, 2.45) is 11.8 Å². The molecule has 0 aromatic rings. The SMILES string of the molecule is CC1(C)OB([C@H]2C[C@@H]2C2CC2)OC1(C)C.